The summed E-state index contributed by atoms with van der Waals surface area (Å²) in [4.78, 5) is 0.313. The average Bonchev–Trinajstić information content (AvgIpc) is 2.59. The third-order valence-corrected chi connectivity index (χ3v) is 6.85. The summed E-state index contributed by atoms with van der Waals surface area (Å²) >= 11 is 7.92. The van der Waals surface area contributed by atoms with Gasteiger partial charge < -0.3 is 5.32 Å². The van der Waals surface area contributed by atoms with Crippen molar-refractivity contribution in [3.8, 4) is 0 Å². The van der Waals surface area contributed by atoms with Gasteiger partial charge in [-0.1, -0.05) is 0 Å². The monoisotopic (exact) mass is 402 g/mol. The molecular formula is C9H12Br2N2O2S2. The minimum absolute atomic E-state index is 0.0341. The Balaban J connectivity index is 2.15. The molecule has 0 bridgehead atoms. The van der Waals surface area contributed by atoms with Gasteiger partial charge in [-0.15, -0.1) is 11.3 Å². The summed E-state index contributed by atoms with van der Waals surface area (Å²) in [6, 6.07) is 1.66. The van der Waals surface area contributed by atoms with Crippen LogP contribution < -0.4 is 10.0 Å². The molecule has 1 saturated heterocycles. The minimum atomic E-state index is -3.41. The van der Waals surface area contributed by atoms with Gasteiger partial charge in [0.25, 0.3) is 0 Å². The van der Waals surface area contributed by atoms with Crippen LogP contribution in [0.25, 0.3) is 0 Å². The highest BCUT2D eigenvalue weighted by Gasteiger charge is 2.25. The Morgan fingerprint density at radius 3 is 2.53 bits per heavy atom. The molecule has 2 heterocycles. The topological polar surface area (TPSA) is 58.2 Å². The molecule has 0 aliphatic carbocycles. The average molecular weight is 404 g/mol. The van der Waals surface area contributed by atoms with E-state index in [0.29, 0.717) is 8.68 Å². The number of rotatable bonds is 3. The summed E-state index contributed by atoms with van der Waals surface area (Å²) in [6.07, 6.45) is 1.67. The molecule has 0 amide bonds. The maximum absolute atomic E-state index is 12.2. The van der Waals surface area contributed by atoms with Gasteiger partial charge in [-0.05, 0) is 63.9 Å². The van der Waals surface area contributed by atoms with Crippen molar-refractivity contribution in [2.24, 2.45) is 0 Å². The standard InChI is InChI=1S/C9H12Br2N2O2S2/c10-8-5-7(9(11)16-8)17(14,15)13-6-1-3-12-4-2-6/h5-6,12-13H,1-4H2. The summed E-state index contributed by atoms with van der Waals surface area (Å²) in [5.41, 5.74) is 0. The lowest BCUT2D eigenvalue weighted by molar-refractivity contribution is 0.427. The maximum Gasteiger partial charge on any atom is 0.242 e. The van der Waals surface area contributed by atoms with E-state index in [1.165, 1.54) is 11.3 Å². The van der Waals surface area contributed by atoms with Crippen LogP contribution in [0, 0.1) is 0 Å². The third-order valence-electron chi connectivity index (χ3n) is 2.58. The first-order chi connectivity index (χ1) is 7.99. The first kappa shape index (κ1) is 14.0. The van der Waals surface area contributed by atoms with Gasteiger partial charge in [0.15, 0.2) is 0 Å². The van der Waals surface area contributed by atoms with Crippen LogP contribution in [0.15, 0.2) is 18.5 Å². The molecular weight excluding hydrogens is 392 g/mol. The lowest BCUT2D eigenvalue weighted by Crippen LogP contribution is -2.42. The minimum Gasteiger partial charge on any atom is -0.317 e. The lowest BCUT2D eigenvalue weighted by atomic mass is 10.1. The highest BCUT2D eigenvalue weighted by Crippen LogP contribution is 2.34. The van der Waals surface area contributed by atoms with Crippen molar-refractivity contribution in [2.45, 2.75) is 23.8 Å². The Hall–Kier alpha value is 0.530. The quantitative estimate of drug-likeness (QED) is 0.813. The summed E-state index contributed by atoms with van der Waals surface area (Å²) in [5, 5.41) is 3.21. The molecule has 96 valence electrons. The first-order valence-electron chi connectivity index (χ1n) is 5.17. The summed E-state index contributed by atoms with van der Waals surface area (Å²) in [5.74, 6) is 0. The largest absolute Gasteiger partial charge is 0.317 e. The first-order valence-corrected chi connectivity index (χ1v) is 9.05. The van der Waals surface area contributed by atoms with Gasteiger partial charge in [-0.3, -0.25) is 0 Å². The van der Waals surface area contributed by atoms with Crippen molar-refractivity contribution in [1.82, 2.24) is 10.0 Å². The van der Waals surface area contributed by atoms with Gasteiger partial charge in [0, 0.05) is 6.04 Å². The van der Waals surface area contributed by atoms with Gasteiger partial charge in [0.05, 0.1) is 7.57 Å². The van der Waals surface area contributed by atoms with Crippen molar-refractivity contribution in [3.63, 3.8) is 0 Å². The van der Waals surface area contributed by atoms with Crippen LogP contribution in [-0.2, 0) is 10.0 Å². The Morgan fingerprint density at radius 2 is 2.00 bits per heavy atom. The zero-order chi connectivity index (χ0) is 12.5. The van der Waals surface area contributed by atoms with E-state index in [-0.39, 0.29) is 6.04 Å². The molecule has 2 rings (SSSR count). The molecule has 0 unspecified atom stereocenters. The predicted molar refractivity (Wildman–Crippen MR) is 75.9 cm³/mol. The summed E-state index contributed by atoms with van der Waals surface area (Å²) in [6.45, 7) is 1.73. The predicted octanol–water partition coefficient (Wildman–Crippen LogP) is 2.30. The van der Waals surface area contributed by atoms with Crippen LogP contribution in [-0.4, -0.2) is 27.5 Å². The molecule has 8 heteroatoms. The Bertz CT molecular complexity index is 495. The maximum atomic E-state index is 12.2. The van der Waals surface area contributed by atoms with E-state index in [1.807, 2.05) is 0 Å². The zero-order valence-corrected chi connectivity index (χ0v) is 13.7. The number of sulfonamides is 1. The van der Waals surface area contributed by atoms with Gasteiger partial charge in [0.1, 0.15) is 4.90 Å². The van der Waals surface area contributed by atoms with Gasteiger partial charge in [-0.2, -0.15) is 0 Å². The highest BCUT2D eigenvalue weighted by atomic mass is 79.9. The molecule has 4 nitrogen and oxygen atoms in total. The fourth-order valence-electron chi connectivity index (χ4n) is 1.73. The second-order valence-corrected chi connectivity index (χ2v) is 9.27. The molecule has 1 aliphatic rings. The number of thiophene rings is 1. The highest BCUT2D eigenvalue weighted by molar-refractivity contribution is 9.12. The van der Waals surface area contributed by atoms with Crippen LogP contribution in [0.4, 0.5) is 0 Å². The molecule has 0 radical (unpaired) electrons. The molecule has 2 N–H and O–H groups in total. The van der Waals surface area contributed by atoms with E-state index in [0.717, 1.165) is 29.7 Å². The van der Waals surface area contributed by atoms with Gasteiger partial charge in [0.2, 0.25) is 10.0 Å². The van der Waals surface area contributed by atoms with Crippen LogP contribution in [0.1, 0.15) is 12.8 Å². The lowest BCUT2D eigenvalue weighted by Gasteiger charge is -2.23. The molecule has 1 aromatic heterocycles. The fraction of sp³-hybridized carbons (Fsp3) is 0.556. The normalized spacial score (nSPS) is 18.5. The Morgan fingerprint density at radius 1 is 1.35 bits per heavy atom. The zero-order valence-electron chi connectivity index (χ0n) is 8.87. The summed E-state index contributed by atoms with van der Waals surface area (Å²) in [7, 11) is -3.41. The number of halogens is 2. The smallest absolute Gasteiger partial charge is 0.242 e. The molecule has 0 spiro atoms. The van der Waals surface area contributed by atoms with E-state index < -0.39 is 10.0 Å². The second-order valence-electron chi connectivity index (χ2n) is 3.83. The van der Waals surface area contributed by atoms with Crippen molar-refractivity contribution in [3.05, 3.63) is 13.6 Å². The van der Waals surface area contributed by atoms with Crippen molar-refractivity contribution in [1.29, 1.82) is 0 Å². The van der Waals surface area contributed by atoms with Gasteiger partial charge in [-0.25, -0.2) is 13.1 Å². The second kappa shape index (κ2) is 5.66. The Labute approximate surface area is 121 Å². The third kappa shape index (κ3) is 3.51. The number of nitrogens with one attached hydrogen (secondary N) is 2. The molecule has 0 aromatic carbocycles. The van der Waals surface area contributed by atoms with Crippen LogP contribution in [0.3, 0.4) is 0 Å². The fourth-order valence-corrected chi connectivity index (χ4v) is 6.85. The number of piperidine rings is 1. The van der Waals surface area contributed by atoms with Crippen molar-refractivity contribution in [2.75, 3.05) is 13.1 Å². The number of hydrogen-bond donors (Lipinski definition) is 2. The van der Waals surface area contributed by atoms with Crippen molar-refractivity contribution < 1.29 is 8.42 Å². The molecule has 17 heavy (non-hydrogen) atoms. The Kier molecular flexibility index (Phi) is 4.65. The van der Waals surface area contributed by atoms with Crippen LogP contribution >= 0.6 is 43.2 Å². The molecule has 1 fully saturated rings. The van der Waals surface area contributed by atoms with E-state index in [4.69, 9.17) is 0 Å². The number of hydrogen-bond acceptors (Lipinski definition) is 4. The molecule has 0 atom stereocenters. The van der Waals surface area contributed by atoms with Crippen LogP contribution in [0.5, 0.6) is 0 Å². The van der Waals surface area contributed by atoms with E-state index in [2.05, 4.69) is 41.9 Å². The molecule has 1 aliphatic heterocycles. The van der Waals surface area contributed by atoms with Crippen LogP contribution in [0.2, 0.25) is 0 Å². The van der Waals surface area contributed by atoms with E-state index in [1.54, 1.807) is 6.07 Å². The SMILES string of the molecule is O=S(=O)(NC1CCNCC1)c1cc(Br)sc1Br. The summed E-state index contributed by atoms with van der Waals surface area (Å²) < 4.78 is 28.5. The molecule has 0 saturated carbocycles. The van der Waals surface area contributed by atoms with Crippen molar-refractivity contribution >= 4 is 53.2 Å². The van der Waals surface area contributed by atoms with Gasteiger partial charge >= 0.3 is 0 Å². The molecule has 1 aromatic rings. The van der Waals surface area contributed by atoms with E-state index >= 15 is 0 Å². The van der Waals surface area contributed by atoms with E-state index in [9.17, 15) is 8.42 Å².